The molecule has 14 heteroatoms. The predicted molar refractivity (Wildman–Crippen MR) is 255 cm³/mol. The lowest BCUT2D eigenvalue weighted by Gasteiger charge is -2.40. The van der Waals surface area contributed by atoms with E-state index in [1.165, 1.54) is 6.07 Å². The number of benzene rings is 3. The van der Waals surface area contributed by atoms with Gasteiger partial charge in [0.25, 0.3) is 0 Å². The van der Waals surface area contributed by atoms with Crippen LogP contribution in [0.15, 0.2) is 77.6 Å². The van der Waals surface area contributed by atoms with Gasteiger partial charge in [-0.3, -0.25) is 14.9 Å². The molecular weight excluding hydrogens is 827 g/mol. The first-order valence-corrected chi connectivity index (χ1v) is 25.8. The summed E-state index contributed by atoms with van der Waals surface area (Å²) in [5.74, 6) is 0.485. The Morgan fingerprint density at radius 1 is 0.859 bits per heavy atom. The molecule has 2 aliphatic carbocycles. The fourth-order valence-corrected chi connectivity index (χ4v) is 9.56. The largest absolute Gasteiger partial charge is 0.506 e. The average molecular weight is 896 g/mol. The van der Waals surface area contributed by atoms with Gasteiger partial charge in [-0.1, -0.05) is 69.3 Å². The molecular formula is C50H69N5O8Si. The van der Waals surface area contributed by atoms with E-state index in [-0.39, 0.29) is 46.5 Å². The van der Waals surface area contributed by atoms with Gasteiger partial charge in [0.05, 0.1) is 17.3 Å². The molecule has 346 valence electrons. The molecule has 0 spiro atoms. The highest BCUT2D eigenvalue weighted by molar-refractivity contribution is 6.74. The Labute approximate surface area is 379 Å². The molecule has 64 heavy (non-hydrogen) atoms. The van der Waals surface area contributed by atoms with Gasteiger partial charge in [-0.15, -0.1) is 0 Å². The van der Waals surface area contributed by atoms with Crippen LogP contribution in [0.2, 0.25) is 18.1 Å². The summed E-state index contributed by atoms with van der Waals surface area (Å²) in [4.78, 5) is 53.4. The number of phenols is 1. The minimum Gasteiger partial charge on any atom is -0.506 e. The van der Waals surface area contributed by atoms with Crippen LogP contribution in [0.3, 0.4) is 0 Å². The zero-order valence-electron chi connectivity index (χ0n) is 38.9. The Morgan fingerprint density at radius 2 is 1.58 bits per heavy atom. The summed E-state index contributed by atoms with van der Waals surface area (Å²) in [5, 5.41) is 24.1. The average Bonchev–Trinajstić information content (AvgIpc) is 3.20. The molecule has 1 atom stereocenters. The van der Waals surface area contributed by atoms with Crippen molar-refractivity contribution in [3.05, 3.63) is 94.3 Å². The minimum atomic E-state index is -2.20. The second kappa shape index (κ2) is 20.8. The summed E-state index contributed by atoms with van der Waals surface area (Å²) in [5.41, 5.74) is 4.00. The number of aromatic amines is 1. The topological polar surface area (TPSA) is 180 Å². The Bertz CT molecular complexity index is 2290. The molecule has 6 rings (SSSR count). The van der Waals surface area contributed by atoms with Crippen molar-refractivity contribution in [1.82, 2.24) is 20.9 Å². The van der Waals surface area contributed by atoms with E-state index in [1.54, 1.807) is 12.1 Å². The van der Waals surface area contributed by atoms with E-state index in [0.717, 1.165) is 47.0 Å². The molecule has 1 heterocycles. The van der Waals surface area contributed by atoms with Crippen molar-refractivity contribution < 1.29 is 33.4 Å². The first kappa shape index (κ1) is 48.3. The van der Waals surface area contributed by atoms with Gasteiger partial charge in [0.1, 0.15) is 17.5 Å². The number of carbonyl (C=O) groups excluding carboxylic acids is 3. The molecule has 2 saturated carbocycles. The molecule has 3 amide bonds. The zero-order valence-corrected chi connectivity index (χ0v) is 39.9. The van der Waals surface area contributed by atoms with Crippen molar-refractivity contribution in [3.8, 4) is 16.9 Å². The van der Waals surface area contributed by atoms with Crippen LogP contribution in [-0.4, -0.2) is 73.4 Å². The molecule has 1 unspecified atom stereocenters. The van der Waals surface area contributed by atoms with Crippen molar-refractivity contribution in [2.24, 2.45) is 5.92 Å². The van der Waals surface area contributed by atoms with Gasteiger partial charge in [-0.05, 0) is 138 Å². The first-order valence-electron chi connectivity index (χ1n) is 22.9. The highest BCUT2D eigenvalue weighted by Gasteiger charge is 2.40. The third-order valence-electron chi connectivity index (χ3n) is 12.8. The Hall–Kier alpha value is -5.18. The molecule has 0 aliphatic heterocycles. The quantitative estimate of drug-likeness (QED) is 0.0597. The fourth-order valence-electron chi connectivity index (χ4n) is 8.29. The molecule has 2 aliphatic rings. The second-order valence-electron chi connectivity index (χ2n) is 20.2. The number of aryl methyl sites for hydroxylation is 1. The number of hydrogen-bond acceptors (Lipinski definition) is 9. The van der Waals surface area contributed by atoms with Crippen LogP contribution in [0.1, 0.15) is 110 Å². The van der Waals surface area contributed by atoms with Gasteiger partial charge in [-0.2, -0.15) is 0 Å². The highest BCUT2D eigenvalue weighted by atomic mass is 28.4. The van der Waals surface area contributed by atoms with E-state index in [4.69, 9.17) is 13.9 Å². The fraction of sp³-hybridized carbons (Fsp3) is 0.520. The summed E-state index contributed by atoms with van der Waals surface area (Å²) in [6.45, 7) is 17.9. The molecule has 0 saturated heterocycles. The molecule has 4 aromatic rings. The van der Waals surface area contributed by atoms with Gasteiger partial charge in [0, 0.05) is 42.1 Å². The van der Waals surface area contributed by atoms with Crippen molar-refractivity contribution in [1.29, 1.82) is 0 Å². The lowest BCUT2D eigenvalue weighted by Crippen LogP contribution is -2.48. The number of H-pyrrole nitrogens is 1. The summed E-state index contributed by atoms with van der Waals surface area (Å²) in [7, 11) is -2.20. The Balaban J connectivity index is 0.960. The summed E-state index contributed by atoms with van der Waals surface area (Å²) >= 11 is 0. The third kappa shape index (κ3) is 13.4. The van der Waals surface area contributed by atoms with E-state index in [2.05, 4.69) is 60.1 Å². The lowest BCUT2D eigenvalue weighted by molar-refractivity contribution is -0.122. The first-order chi connectivity index (χ1) is 30.2. The number of hydrogen-bond donors (Lipinski definition) is 6. The van der Waals surface area contributed by atoms with Gasteiger partial charge in [0.15, 0.2) is 8.32 Å². The number of pyridine rings is 1. The molecule has 13 nitrogen and oxygen atoms in total. The van der Waals surface area contributed by atoms with Gasteiger partial charge in [0.2, 0.25) is 11.5 Å². The van der Waals surface area contributed by atoms with E-state index < -0.39 is 26.1 Å². The highest BCUT2D eigenvalue weighted by Crippen LogP contribution is 2.41. The van der Waals surface area contributed by atoms with E-state index in [0.29, 0.717) is 68.6 Å². The predicted octanol–water partition coefficient (Wildman–Crippen LogP) is 9.86. The van der Waals surface area contributed by atoms with Gasteiger partial charge in [-0.25, -0.2) is 9.59 Å². The number of aromatic nitrogens is 1. The maximum absolute atomic E-state index is 13.2. The monoisotopic (exact) mass is 895 g/mol. The van der Waals surface area contributed by atoms with Crippen LogP contribution >= 0.6 is 0 Å². The maximum atomic E-state index is 13.2. The zero-order chi connectivity index (χ0) is 46.2. The third-order valence-corrected chi connectivity index (χ3v) is 17.3. The van der Waals surface area contributed by atoms with Crippen LogP contribution in [0, 0.1) is 5.92 Å². The SMILES string of the molecule is CC(C)(C)OC(=O)NC1CCC(OC(=O)Nc2cc(CCCC(=O)NC3CC(CNCC(O[Si](C)(C)C(C)(C)C)c4ccc(O)c5[nH]c(=O)ccc45)C3)ccc2-c2ccccc2)CC1. The number of carbonyl (C=O) groups is 3. The van der Waals surface area contributed by atoms with Crippen LogP contribution in [0.4, 0.5) is 15.3 Å². The normalized spacial score (nSPS) is 19.6. The van der Waals surface area contributed by atoms with Crippen LogP contribution < -0.4 is 26.8 Å². The van der Waals surface area contributed by atoms with Crippen LogP contribution in [-0.2, 0) is 25.1 Å². The summed E-state index contributed by atoms with van der Waals surface area (Å²) in [6.07, 6.45) is 4.68. The smallest absolute Gasteiger partial charge is 0.411 e. The van der Waals surface area contributed by atoms with Crippen molar-refractivity contribution in [3.63, 3.8) is 0 Å². The Morgan fingerprint density at radius 3 is 2.27 bits per heavy atom. The number of rotatable bonds is 16. The number of aromatic hydroxyl groups is 1. The molecule has 2 fully saturated rings. The van der Waals surface area contributed by atoms with Gasteiger partial charge >= 0.3 is 12.2 Å². The van der Waals surface area contributed by atoms with Crippen molar-refractivity contribution in [2.45, 2.75) is 147 Å². The Kier molecular flexibility index (Phi) is 15.7. The molecule has 0 radical (unpaired) electrons. The molecule has 3 aromatic carbocycles. The van der Waals surface area contributed by atoms with Crippen molar-refractivity contribution in [2.75, 3.05) is 18.4 Å². The van der Waals surface area contributed by atoms with E-state index in [9.17, 15) is 24.3 Å². The van der Waals surface area contributed by atoms with E-state index in [1.807, 2.05) is 75.4 Å². The number of fused-ring (bicyclic) bond motifs is 1. The molecule has 1 aromatic heterocycles. The molecule has 6 N–H and O–H groups in total. The maximum Gasteiger partial charge on any atom is 0.411 e. The number of amides is 3. The molecule has 0 bridgehead atoms. The number of anilines is 1. The lowest BCUT2D eigenvalue weighted by atomic mass is 9.80. The standard InChI is InChI=1S/C50H69N5O8Si/c1-49(2,3)62-48(60)53-35-18-20-37(21-19-35)61-47(59)54-41-29-32(17-22-38(41)34-14-10-9-11-15-34)13-12-16-44(57)52-36-27-33(28-36)30-51-31-43(63-64(7,8)50(4,5)6)39-23-25-42(56)46-40(39)24-26-45(58)55-46/h9-11,14-15,17,22-26,29,33,35-37,43,51,56H,12-13,16,18-21,27-28,30-31H2,1-8H3,(H,52,57)(H,53,60)(H,54,59)(H,55,58). The number of nitrogens with one attached hydrogen (secondary N) is 5. The van der Waals surface area contributed by atoms with E-state index >= 15 is 0 Å². The van der Waals surface area contributed by atoms with Crippen LogP contribution in [0.25, 0.3) is 22.0 Å². The summed E-state index contributed by atoms with van der Waals surface area (Å²) < 4.78 is 18.2. The number of alkyl carbamates (subject to hydrolysis) is 1. The summed E-state index contributed by atoms with van der Waals surface area (Å²) in [6, 6.07) is 22.8. The van der Waals surface area contributed by atoms with Crippen LogP contribution in [0.5, 0.6) is 5.75 Å². The second-order valence-corrected chi connectivity index (χ2v) is 24.9. The number of phenolic OH excluding ortho intramolecular Hbond substituents is 1. The van der Waals surface area contributed by atoms with Gasteiger partial charge < -0.3 is 39.9 Å². The number of ether oxygens (including phenoxy) is 2. The minimum absolute atomic E-state index is 0.0124. The van der Waals surface area contributed by atoms with Crippen molar-refractivity contribution >= 4 is 43.0 Å².